The lowest BCUT2D eigenvalue weighted by Crippen LogP contribution is -2.41. The second-order valence-electron chi connectivity index (χ2n) is 5.40. The minimum atomic E-state index is -3.65. The van der Waals surface area contributed by atoms with Gasteiger partial charge < -0.3 is 10.6 Å². The summed E-state index contributed by atoms with van der Waals surface area (Å²) >= 11 is 0. The first-order valence-electron chi connectivity index (χ1n) is 6.76. The van der Waals surface area contributed by atoms with Gasteiger partial charge in [0.15, 0.2) is 9.84 Å². The lowest BCUT2D eigenvalue weighted by Gasteiger charge is -2.29. The van der Waals surface area contributed by atoms with Crippen molar-refractivity contribution in [3.8, 4) is 0 Å². The highest BCUT2D eigenvalue weighted by atomic mass is 32.2. The summed E-state index contributed by atoms with van der Waals surface area (Å²) in [7, 11) is -3.65. The maximum absolute atomic E-state index is 11.7. The van der Waals surface area contributed by atoms with E-state index in [0.29, 0.717) is 6.04 Å². The van der Waals surface area contributed by atoms with Crippen LogP contribution < -0.4 is 10.6 Å². The second kappa shape index (κ2) is 5.98. The number of hydrogen-bond acceptors (Lipinski definition) is 6. The Bertz CT molecular complexity index is 645. The van der Waals surface area contributed by atoms with Gasteiger partial charge in [0, 0.05) is 18.3 Å². The molecule has 7 nitrogen and oxygen atoms in total. The number of nitro groups is 1. The number of nitrogens with zero attached hydrogens (tertiary/aromatic N) is 1. The first kappa shape index (κ1) is 15.7. The Kier molecular flexibility index (Phi) is 4.48. The summed E-state index contributed by atoms with van der Waals surface area (Å²) in [6.45, 7) is 2.88. The molecule has 1 aromatic carbocycles. The zero-order chi connectivity index (χ0) is 15.6. The zero-order valence-electron chi connectivity index (χ0n) is 12.0. The van der Waals surface area contributed by atoms with Crippen LogP contribution in [0.4, 0.5) is 11.4 Å². The maximum atomic E-state index is 11.7. The fourth-order valence-corrected chi connectivity index (χ4v) is 3.47. The highest BCUT2D eigenvalue weighted by molar-refractivity contribution is 7.90. The maximum Gasteiger partial charge on any atom is 0.310 e. The quantitative estimate of drug-likeness (QED) is 0.646. The van der Waals surface area contributed by atoms with Crippen molar-refractivity contribution in [3.05, 3.63) is 28.3 Å². The van der Waals surface area contributed by atoms with Gasteiger partial charge in [0.1, 0.15) is 10.6 Å². The number of para-hydroxylation sites is 1. The first-order chi connectivity index (χ1) is 9.79. The van der Waals surface area contributed by atoms with Crippen LogP contribution in [0.3, 0.4) is 0 Å². The number of benzene rings is 1. The molecule has 0 aromatic heterocycles. The van der Waals surface area contributed by atoms with Gasteiger partial charge in [0.25, 0.3) is 0 Å². The van der Waals surface area contributed by atoms with Gasteiger partial charge in [0.05, 0.1) is 4.92 Å². The Morgan fingerprint density at radius 1 is 1.43 bits per heavy atom. The van der Waals surface area contributed by atoms with Gasteiger partial charge in [0.2, 0.25) is 0 Å². The van der Waals surface area contributed by atoms with E-state index in [1.807, 2.05) is 0 Å². The van der Waals surface area contributed by atoms with E-state index in [1.54, 1.807) is 6.07 Å². The molecule has 0 bridgehead atoms. The predicted molar refractivity (Wildman–Crippen MR) is 80.3 cm³/mol. The van der Waals surface area contributed by atoms with Gasteiger partial charge in [-0.15, -0.1) is 0 Å². The molecular weight excluding hydrogens is 294 g/mol. The predicted octanol–water partition coefficient (Wildman–Crippen LogP) is 1.55. The summed E-state index contributed by atoms with van der Waals surface area (Å²) < 4.78 is 23.4. The van der Waals surface area contributed by atoms with Crippen molar-refractivity contribution in [2.75, 3.05) is 18.1 Å². The molecule has 1 heterocycles. The molecule has 0 aliphatic carbocycles. The number of nitrogens with one attached hydrogen (secondary N) is 2. The molecule has 0 spiro atoms. The van der Waals surface area contributed by atoms with E-state index in [1.165, 1.54) is 12.1 Å². The van der Waals surface area contributed by atoms with Crippen LogP contribution in [0.25, 0.3) is 0 Å². The SMILES string of the molecule is CC1CC(Nc2cccc(S(C)(=O)=O)c2[N+](=O)[O-])CCN1. The zero-order valence-corrected chi connectivity index (χ0v) is 12.8. The minimum absolute atomic E-state index is 0.0924. The Morgan fingerprint density at radius 3 is 2.71 bits per heavy atom. The number of nitro benzene ring substituents is 1. The summed E-state index contributed by atoms with van der Waals surface area (Å²) in [6.07, 6.45) is 2.65. The van der Waals surface area contributed by atoms with Crippen molar-refractivity contribution in [1.29, 1.82) is 0 Å². The largest absolute Gasteiger partial charge is 0.377 e. The van der Waals surface area contributed by atoms with Gasteiger partial charge in [-0.05, 0) is 38.4 Å². The molecule has 1 aliphatic rings. The number of piperidine rings is 1. The standard InChI is InChI=1S/C13H19N3O4S/c1-9-8-10(6-7-14-9)15-11-4-3-5-12(21(2,19)20)13(11)16(17)18/h3-5,9-10,14-15H,6-8H2,1-2H3. The monoisotopic (exact) mass is 313 g/mol. The molecule has 1 saturated heterocycles. The van der Waals surface area contributed by atoms with Crippen molar-refractivity contribution in [1.82, 2.24) is 5.32 Å². The molecule has 0 amide bonds. The summed E-state index contributed by atoms with van der Waals surface area (Å²) in [6, 6.07) is 4.77. The van der Waals surface area contributed by atoms with Gasteiger partial charge in [-0.3, -0.25) is 10.1 Å². The molecule has 1 fully saturated rings. The molecule has 2 unspecified atom stereocenters. The van der Waals surface area contributed by atoms with E-state index in [0.717, 1.165) is 25.6 Å². The van der Waals surface area contributed by atoms with Crippen LogP contribution in [0.1, 0.15) is 19.8 Å². The van der Waals surface area contributed by atoms with Crippen LogP contribution in [0.15, 0.2) is 23.1 Å². The van der Waals surface area contributed by atoms with Gasteiger partial charge >= 0.3 is 5.69 Å². The molecule has 1 aromatic rings. The van der Waals surface area contributed by atoms with E-state index < -0.39 is 14.8 Å². The Hall–Kier alpha value is -1.67. The van der Waals surface area contributed by atoms with Crippen LogP contribution >= 0.6 is 0 Å². The summed E-state index contributed by atoms with van der Waals surface area (Å²) in [4.78, 5) is 10.4. The van der Waals surface area contributed by atoms with Crippen LogP contribution in [-0.2, 0) is 9.84 Å². The molecule has 21 heavy (non-hydrogen) atoms. The highest BCUT2D eigenvalue weighted by Crippen LogP contribution is 2.33. The third kappa shape index (κ3) is 3.70. The van der Waals surface area contributed by atoms with E-state index >= 15 is 0 Å². The highest BCUT2D eigenvalue weighted by Gasteiger charge is 2.28. The Labute approximate surface area is 123 Å². The average molecular weight is 313 g/mol. The molecule has 116 valence electrons. The van der Waals surface area contributed by atoms with E-state index in [-0.39, 0.29) is 22.3 Å². The summed E-state index contributed by atoms with van der Waals surface area (Å²) in [5.41, 5.74) is -0.104. The van der Waals surface area contributed by atoms with Crippen molar-refractivity contribution in [3.63, 3.8) is 0 Å². The lowest BCUT2D eigenvalue weighted by molar-refractivity contribution is -0.386. The minimum Gasteiger partial charge on any atom is -0.377 e. The summed E-state index contributed by atoms with van der Waals surface area (Å²) in [5, 5.41) is 17.7. The van der Waals surface area contributed by atoms with Crippen molar-refractivity contribution >= 4 is 21.2 Å². The van der Waals surface area contributed by atoms with E-state index in [9.17, 15) is 18.5 Å². The topological polar surface area (TPSA) is 101 Å². The van der Waals surface area contributed by atoms with Crippen molar-refractivity contribution in [2.24, 2.45) is 0 Å². The first-order valence-corrected chi connectivity index (χ1v) is 8.65. The van der Waals surface area contributed by atoms with Gasteiger partial charge in [-0.25, -0.2) is 8.42 Å². The number of rotatable bonds is 4. The van der Waals surface area contributed by atoms with Crippen LogP contribution in [0.5, 0.6) is 0 Å². The lowest BCUT2D eigenvalue weighted by atomic mass is 10.0. The Morgan fingerprint density at radius 2 is 2.14 bits per heavy atom. The fraction of sp³-hybridized carbons (Fsp3) is 0.538. The number of anilines is 1. The number of sulfone groups is 1. The van der Waals surface area contributed by atoms with Gasteiger partial charge in [-0.2, -0.15) is 0 Å². The molecule has 0 saturated carbocycles. The third-order valence-corrected chi connectivity index (χ3v) is 4.69. The number of hydrogen-bond donors (Lipinski definition) is 2. The molecule has 2 N–H and O–H groups in total. The molecule has 1 aliphatic heterocycles. The molecule has 2 rings (SSSR count). The van der Waals surface area contributed by atoms with E-state index in [2.05, 4.69) is 17.6 Å². The Balaban J connectivity index is 2.37. The average Bonchev–Trinajstić information content (AvgIpc) is 2.37. The van der Waals surface area contributed by atoms with Crippen LogP contribution in [0.2, 0.25) is 0 Å². The molecule has 0 radical (unpaired) electrons. The molecule has 2 atom stereocenters. The van der Waals surface area contributed by atoms with Crippen LogP contribution in [0, 0.1) is 10.1 Å². The van der Waals surface area contributed by atoms with Gasteiger partial charge in [-0.1, -0.05) is 6.07 Å². The van der Waals surface area contributed by atoms with Crippen molar-refractivity contribution in [2.45, 2.75) is 36.7 Å². The van der Waals surface area contributed by atoms with Crippen molar-refractivity contribution < 1.29 is 13.3 Å². The molecular formula is C13H19N3O4S. The fourth-order valence-electron chi connectivity index (χ4n) is 2.61. The second-order valence-corrected chi connectivity index (χ2v) is 7.39. The third-order valence-electron chi connectivity index (χ3n) is 3.56. The molecule has 8 heteroatoms. The van der Waals surface area contributed by atoms with E-state index in [4.69, 9.17) is 0 Å². The normalized spacial score (nSPS) is 22.8. The summed E-state index contributed by atoms with van der Waals surface area (Å²) in [5.74, 6) is 0. The van der Waals surface area contributed by atoms with Crippen LogP contribution in [-0.4, -0.2) is 38.2 Å². The smallest absolute Gasteiger partial charge is 0.310 e.